The van der Waals surface area contributed by atoms with Gasteiger partial charge in [-0.05, 0) is 36.4 Å². The fourth-order valence-electron chi connectivity index (χ4n) is 2.03. The normalized spacial score (nSPS) is 10.6. The van der Waals surface area contributed by atoms with Crippen molar-refractivity contribution in [2.75, 3.05) is 16.4 Å². The summed E-state index contributed by atoms with van der Waals surface area (Å²) in [7, 11) is 0. The lowest BCUT2D eigenvalue weighted by molar-refractivity contribution is 0.631. The number of rotatable bonds is 4. The van der Waals surface area contributed by atoms with Crippen molar-refractivity contribution >= 4 is 67.8 Å². The molecule has 2 aromatic carbocycles. The second-order valence-electron chi connectivity index (χ2n) is 4.98. The zero-order valence-electron chi connectivity index (χ0n) is 12.5. The van der Waals surface area contributed by atoms with E-state index in [4.69, 9.17) is 28.9 Å². The Hall–Kier alpha value is -2.09. The Morgan fingerprint density at radius 2 is 1.60 bits per heavy atom. The van der Waals surface area contributed by atoms with Crippen LogP contribution in [0.15, 0.2) is 47.2 Å². The molecule has 128 valence electrons. The molecule has 0 saturated heterocycles. The topological polar surface area (TPSA) is 75.9 Å². The van der Waals surface area contributed by atoms with Gasteiger partial charge in [-0.1, -0.05) is 39.1 Å². The fourth-order valence-corrected chi connectivity index (χ4v) is 2.82. The number of halogens is 4. The quantitative estimate of drug-likeness (QED) is 0.479. The van der Waals surface area contributed by atoms with Crippen molar-refractivity contribution in [1.29, 1.82) is 0 Å². The highest BCUT2D eigenvalue weighted by Gasteiger charge is 2.12. The molecule has 0 aliphatic heterocycles. The molecular formula is C16H11BrCl2FN5. The number of hydrogen-bond donors (Lipinski definition) is 3. The molecule has 0 bridgehead atoms. The number of anilines is 5. The molecule has 9 heteroatoms. The van der Waals surface area contributed by atoms with Gasteiger partial charge in [-0.2, -0.15) is 0 Å². The van der Waals surface area contributed by atoms with Crippen LogP contribution < -0.4 is 16.4 Å². The second-order valence-corrected chi connectivity index (χ2v) is 6.74. The molecule has 5 nitrogen and oxygen atoms in total. The highest BCUT2D eigenvalue weighted by Crippen LogP contribution is 2.32. The van der Waals surface area contributed by atoms with Gasteiger partial charge in [-0.3, -0.25) is 0 Å². The third kappa shape index (κ3) is 4.12. The average Bonchev–Trinajstić information content (AvgIpc) is 2.56. The van der Waals surface area contributed by atoms with E-state index in [1.54, 1.807) is 30.3 Å². The Morgan fingerprint density at radius 3 is 2.24 bits per heavy atom. The van der Waals surface area contributed by atoms with Crippen LogP contribution in [0.25, 0.3) is 0 Å². The van der Waals surface area contributed by atoms with Crippen LogP contribution in [0.1, 0.15) is 0 Å². The molecule has 0 atom stereocenters. The lowest BCUT2D eigenvalue weighted by Gasteiger charge is -2.14. The van der Waals surface area contributed by atoms with Gasteiger partial charge in [0.2, 0.25) is 0 Å². The number of nitrogens with zero attached hydrogens (tertiary/aromatic N) is 2. The Balaban J connectivity index is 1.89. The van der Waals surface area contributed by atoms with Crippen molar-refractivity contribution in [3.8, 4) is 0 Å². The number of nitrogens with two attached hydrogens (primary N) is 1. The first-order chi connectivity index (χ1) is 11.9. The maximum Gasteiger partial charge on any atom is 0.159 e. The van der Waals surface area contributed by atoms with Crippen molar-refractivity contribution in [3.05, 3.63) is 63.1 Å². The molecule has 0 spiro atoms. The van der Waals surface area contributed by atoms with Gasteiger partial charge < -0.3 is 16.4 Å². The average molecular weight is 443 g/mol. The second kappa shape index (κ2) is 7.43. The molecule has 0 aliphatic carbocycles. The Labute approximate surface area is 161 Å². The molecule has 1 aromatic heterocycles. The molecular weight excluding hydrogens is 432 g/mol. The number of aromatic nitrogens is 2. The van der Waals surface area contributed by atoms with E-state index in [0.717, 1.165) is 0 Å². The summed E-state index contributed by atoms with van der Waals surface area (Å²) in [6.45, 7) is 0. The van der Waals surface area contributed by atoms with E-state index in [-0.39, 0.29) is 17.2 Å². The third-order valence-corrected chi connectivity index (χ3v) is 4.29. The first-order valence-electron chi connectivity index (χ1n) is 6.98. The van der Waals surface area contributed by atoms with Crippen LogP contribution in [0.3, 0.4) is 0 Å². The van der Waals surface area contributed by atoms with Crippen molar-refractivity contribution in [2.45, 2.75) is 0 Å². The summed E-state index contributed by atoms with van der Waals surface area (Å²) in [6.07, 6.45) is 1.31. The predicted octanol–water partition coefficient (Wildman–Crippen LogP) is 5.75. The van der Waals surface area contributed by atoms with Gasteiger partial charge in [-0.25, -0.2) is 14.4 Å². The van der Waals surface area contributed by atoms with Crippen LogP contribution in [0, 0.1) is 5.82 Å². The molecule has 0 unspecified atom stereocenters. The number of nitrogens with one attached hydrogen (secondary N) is 2. The maximum absolute atomic E-state index is 14.0. The van der Waals surface area contributed by atoms with E-state index in [9.17, 15) is 4.39 Å². The summed E-state index contributed by atoms with van der Waals surface area (Å²) < 4.78 is 14.6. The lowest BCUT2D eigenvalue weighted by Crippen LogP contribution is -2.06. The summed E-state index contributed by atoms with van der Waals surface area (Å²) in [4.78, 5) is 8.15. The predicted molar refractivity (Wildman–Crippen MR) is 104 cm³/mol. The summed E-state index contributed by atoms with van der Waals surface area (Å²) in [6, 6.07) is 9.60. The van der Waals surface area contributed by atoms with E-state index >= 15 is 0 Å². The number of nitrogen functional groups attached to an aromatic ring is 1. The Morgan fingerprint density at radius 1 is 0.960 bits per heavy atom. The lowest BCUT2D eigenvalue weighted by atomic mass is 10.3. The zero-order valence-corrected chi connectivity index (χ0v) is 15.6. The van der Waals surface area contributed by atoms with Gasteiger partial charge in [0.1, 0.15) is 17.8 Å². The maximum atomic E-state index is 14.0. The largest absolute Gasteiger partial charge is 0.393 e. The summed E-state index contributed by atoms with van der Waals surface area (Å²) in [5.74, 6) is 0.158. The first kappa shape index (κ1) is 17.7. The molecule has 0 aliphatic rings. The van der Waals surface area contributed by atoms with Gasteiger partial charge >= 0.3 is 0 Å². The van der Waals surface area contributed by atoms with Crippen LogP contribution in [-0.2, 0) is 0 Å². The van der Waals surface area contributed by atoms with Crippen LogP contribution in [0.4, 0.5) is 33.1 Å². The molecule has 0 radical (unpaired) electrons. The first-order valence-corrected chi connectivity index (χ1v) is 8.53. The van der Waals surface area contributed by atoms with Crippen LogP contribution in [0.5, 0.6) is 0 Å². The smallest absolute Gasteiger partial charge is 0.159 e. The van der Waals surface area contributed by atoms with E-state index in [1.165, 1.54) is 12.4 Å². The van der Waals surface area contributed by atoms with Crippen LogP contribution in [-0.4, -0.2) is 9.97 Å². The summed E-state index contributed by atoms with van der Waals surface area (Å²) in [5.41, 5.74) is 7.13. The summed E-state index contributed by atoms with van der Waals surface area (Å²) >= 11 is 15.2. The Kier molecular flexibility index (Phi) is 5.27. The molecule has 0 fully saturated rings. The molecule has 4 N–H and O–H groups in total. The molecule has 25 heavy (non-hydrogen) atoms. The van der Waals surface area contributed by atoms with Crippen molar-refractivity contribution in [2.24, 2.45) is 0 Å². The van der Waals surface area contributed by atoms with Crippen molar-refractivity contribution < 1.29 is 4.39 Å². The van der Waals surface area contributed by atoms with Gasteiger partial charge in [0, 0.05) is 9.50 Å². The molecule has 3 rings (SSSR count). The number of benzene rings is 2. The van der Waals surface area contributed by atoms with Gasteiger partial charge in [0.05, 0.1) is 16.4 Å². The van der Waals surface area contributed by atoms with Gasteiger partial charge in [0.25, 0.3) is 0 Å². The molecule has 0 saturated carbocycles. The van der Waals surface area contributed by atoms with E-state index in [1.807, 2.05) is 0 Å². The fraction of sp³-hybridized carbons (Fsp3) is 0. The van der Waals surface area contributed by atoms with E-state index in [0.29, 0.717) is 26.0 Å². The van der Waals surface area contributed by atoms with Crippen LogP contribution >= 0.6 is 39.1 Å². The Bertz CT molecular complexity index is 867. The van der Waals surface area contributed by atoms with Gasteiger partial charge in [-0.15, -0.1) is 0 Å². The number of hydrogen-bond acceptors (Lipinski definition) is 5. The SMILES string of the molecule is Nc1c(Nc2ccc(Br)cc2F)ncnc1Nc1ccc(Cl)cc1Cl. The molecule has 1 heterocycles. The minimum Gasteiger partial charge on any atom is -0.393 e. The van der Waals surface area contributed by atoms with E-state index in [2.05, 4.69) is 36.5 Å². The minimum atomic E-state index is -0.442. The monoisotopic (exact) mass is 441 g/mol. The molecule has 3 aromatic rings. The van der Waals surface area contributed by atoms with Crippen molar-refractivity contribution in [1.82, 2.24) is 9.97 Å². The van der Waals surface area contributed by atoms with E-state index < -0.39 is 5.82 Å². The van der Waals surface area contributed by atoms with Gasteiger partial charge in [0.15, 0.2) is 11.6 Å². The zero-order chi connectivity index (χ0) is 18.0. The standard InChI is InChI=1S/C16H11BrCl2FN5/c17-8-1-3-13(11(20)5-8)25-16-14(21)15(22-7-23-16)24-12-4-2-9(18)6-10(12)19/h1-7H,21H2,(H2,22,23,24,25). The summed E-state index contributed by atoms with van der Waals surface area (Å²) in [5, 5.41) is 6.79. The van der Waals surface area contributed by atoms with Crippen molar-refractivity contribution in [3.63, 3.8) is 0 Å². The minimum absolute atomic E-state index is 0.218. The third-order valence-electron chi connectivity index (χ3n) is 3.25. The van der Waals surface area contributed by atoms with Crippen LogP contribution in [0.2, 0.25) is 10.0 Å². The highest BCUT2D eigenvalue weighted by molar-refractivity contribution is 9.10. The molecule has 0 amide bonds. The highest BCUT2D eigenvalue weighted by atomic mass is 79.9.